The Kier molecular flexibility index (Phi) is 4.11. The summed E-state index contributed by atoms with van der Waals surface area (Å²) in [6, 6.07) is 3.51. The highest BCUT2D eigenvalue weighted by Crippen LogP contribution is 2.30. The Morgan fingerprint density at radius 1 is 1.41 bits per heavy atom. The van der Waals surface area contributed by atoms with E-state index in [1.807, 2.05) is 0 Å². The number of nitrogens with two attached hydrogens (primary N) is 1. The smallest absolute Gasteiger partial charge is 0.150 e. The van der Waals surface area contributed by atoms with Crippen LogP contribution in [0.1, 0.15) is 32.6 Å². The summed E-state index contributed by atoms with van der Waals surface area (Å²) in [7, 11) is 0. The monoisotopic (exact) mass is 253 g/mol. The lowest BCUT2D eigenvalue weighted by atomic mass is 9.80. The highest BCUT2D eigenvalue weighted by Gasteiger charge is 2.21. The topological polar surface area (TPSA) is 50.9 Å². The van der Waals surface area contributed by atoms with E-state index in [1.54, 1.807) is 12.1 Å². The molecule has 1 fully saturated rings. The molecule has 1 aliphatic rings. The maximum Gasteiger partial charge on any atom is 0.150 e. The molecule has 17 heavy (non-hydrogen) atoms. The van der Waals surface area contributed by atoms with Crippen molar-refractivity contribution in [1.29, 1.82) is 0 Å². The van der Waals surface area contributed by atoms with E-state index in [9.17, 15) is 0 Å². The first kappa shape index (κ1) is 12.5. The van der Waals surface area contributed by atoms with E-state index in [1.165, 1.54) is 25.7 Å². The fourth-order valence-corrected chi connectivity index (χ4v) is 2.66. The molecule has 1 aromatic rings. The molecule has 0 radical (unpaired) electrons. The fourth-order valence-electron chi connectivity index (χ4n) is 2.51. The highest BCUT2D eigenvalue weighted by molar-refractivity contribution is 6.29. The summed E-state index contributed by atoms with van der Waals surface area (Å²) in [5.41, 5.74) is 6.52. The van der Waals surface area contributed by atoms with Crippen molar-refractivity contribution in [1.82, 2.24) is 4.98 Å². The molecule has 2 unspecified atom stereocenters. The number of anilines is 2. The molecular weight excluding hydrogens is 234 g/mol. The lowest BCUT2D eigenvalue weighted by molar-refractivity contribution is 0.268. The molecule has 3 N–H and O–H groups in total. The maximum absolute atomic E-state index is 5.86. The molecule has 0 bridgehead atoms. The molecule has 2 rings (SSSR count). The van der Waals surface area contributed by atoms with Gasteiger partial charge in [0.2, 0.25) is 0 Å². The van der Waals surface area contributed by atoms with E-state index >= 15 is 0 Å². The van der Waals surface area contributed by atoms with Gasteiger partial charge in [0.1, 0.15) is 5.15 Å². The van der Waals surface area contributed by atoms with Crippen molar-refractivity contribution in [2.75, 3.05) is 17.6 Å². The van der Waals surface area contributed by atoms with Gasteiger partial charge in [0.25, 0.3) is 0 Å². The van der Waals surface area contributed by atoms with Gasteiger partial charge >= 0.3 is 0 Å². The molecule has 1 heterocycles. The van der Waals surface area contributed by atoms with Crippen LogP contribution < -0.4 is 11.1 Å². The Morgan fingerprint density at radius 3 is 2.94 bits per heavy atom. The van der Waals surface area contributed by atoms with Gasteiger partial charge in [-0.1, -0.05) is 37.8 Å². The molecule has 1 aliphatic carbocycles. The first-order chi connectivity index (χ1) is 8.16. The first-order valence-corrected chi connectivity index (χ1v) is 6.70. The van der Waals surface area contributed by atoms with Crippen LogP contribution in [0.15, 0.2) is 12.1 Å². The lowest BCUT2D eigenvalue weighted by Gasteiger charge is -2.29. The van der Waals surface area contributed by atoms with Crippen LogP contribution in [0, 0.1) is 11.8 Å². The quantitative estimate of drug-likeness (QED) is 0.810. The zero-order chi connectivity index (χ0) is 12.3. The van der Waals surface area contributed by atoms with Crippen molar-refractivity contribution in [2.45, 2.75) is 32.6 Å². The zero-order valence-electron chi connectivity index (χ0n) is 10.2. The van der Waals surface area contributed by atoms with Crippen LogP contribution >= 0.6 is 11.6 Å². The van der Waals surface area contributed by atoms with E-state index in [2.05, 4.69) is 17.2 Å². The first-order valence-electron chi connectivity index (χ1n) is 6.32. The van der Waals surface area contributed by atoms with E-state index in [0.29, 0.717) is 10.8 Å². The number of pyridine rings is 1. The molecule has 0 aromatic carbocycles. The number of hydrogen-bond donors (Lipinski definition) is 2. The molecule has 2 atom stereocenters. The van der Waals surface area contributed by atoms with Crippen molar-refractivity contribution >= 4 is 23.1 Å². The van der Waals surface area contributed by atoms with Gasteiger partial charge in [0, 0.05) is 6.54 Å². The summed E-state index contributed by atoms with van der Waals surface area (Å²) in [6.45, 7) is 3.28. The largest absolute Gasteiger partial charge is 0.396 e. The van der Waals surface area contributed by atoms with Gasteiger partial charge in [-0.2, -0.15) is 0 Å². The Balaban J connectivity index is 1.94. The molecule has 94 valence electrons. The number of nitrogens with zero attached hydrogens (tertiary/aromatic N) is 1. The molecule has 0 spiro atoms. The summed E-state index contributed by atoms with van der Waals surface area (Å²) >= 11 is 5.86. The predicted molar refractivity (Wildman–Crippen MR) is 73.3 cm³/mol. The second kappa shape index (κ2) is 5.58. The highest BCUT2D eigenvalue weighted by atomic mass is 35.5. The lowest BCUT2D eigenvalue weighted by Crippen LogP contribution is -2.24. The van der Waals surface area contributed by atoms with Crippen molar-refractivity contribution < 1.29 is 0 Å². The second-order valence-electron chi connectivity index (χ2n) is 4.97. The average Bonchev–Trinajstić information content (AvgIpc) is 2.32. The van der Waals surface area contributed by atoms with Gasteiger partial charge in [-0.25, -0.2) is 4.98 Å². The van der Waals surface area contributed by atoms with Gasteiger partial charge < -0.3 is 11.1 Å². The third-order valence-corrected chi connectivity index (χ3v) is 3.92. The van der Waals surface area contributed by atoms with Gasteiger partial charge in [0.05, 0.1) is 5.69 Å². The van der Waals surface area contributed by atoms with E-state index < -0.39 is 0 Å². The van der Waals surface area contributed by atoms with Crippen LogP contribution in [0.25, 0.3) is 0 Å². The minimum absolute atomic E-state index is 0.485. The second-order valence-corrected chi connectivity index (χ2v) is 5.36. The van der Waals surface area contributed by atoms with Crippen LogP contribution in [0.2, 0.25) is 5.15 Å². The molecule has 0 saturated heterocycles. The number of halogens is 1. The Bertz CT molecular complexity index is 381. The van der Waals surface area contributed by atoms with E-state index in [4.69, 9.17) is 17.3 Å². The fraction of sp³-hybridized carbons (Fsp3) is 0.615. The van der Waals surface area contributed by atoms with Crippen molar-refractivity contribution in [3.05, 3.63) is 17.3 Å². The number of rotatable bonds is 3. The maximum atomic E-state index is 5.86. The van der Waals surface area contributed by atoms with Gasteiger partial charge in [-0.05, 0) is 30.4 Å². The molecule has 0 aliphatic heterocycles. The Morgan fingerprint density at radius 2 is 2.18 bits per heavy atom. The van der Waals surface area contributed by atoms with E-state index in [-0.39, 0.29) is 0 Å². The Hall–Kier alpha value is -0.960. The predicted octanol–water partition coefficient (Wildman–Crippen LogP) is 3.56. The third-order valence-electron chi connectivity index (χ3n) is 3.71. The summed E-state index contributed by atoms with van der Waals surface area (Å²) in [5, 5.41) is 3.82. The SMILES string of the molecule is CC1CCCCC1CNc1nc(Cl)ccc1N. The van der Waals surface area contributed by atoms with Crippen LogP contribution in [-0.2, 0) is 0 Å². The summed E-state index contributed by atoms with van der Waals surface area (Å²) in [6.07, 6.45) is 5.35. The minimum Gasteiger partial charge on any atom is -0.396 e. The Labute approximate surface area is 108 Å². The summed E-state index contributed by atoms with van der Waals surface area (Å²) in [5.74, 6) is 2.23. The van der Waals surface area contributed by atoms with Crippen molar-refractivity contribution in [3.8, 4) is 0 Å². The van der Waals surface area contributed by atoms with Crippen molar-refractivity contribution in [3.63, 3.8) is 0 Å². The van der Waals surface area contributed by atoms with Crippen LogP contribution in [0.5, 0.6) is 0 Å². The summed E-state index contributed by atoms with van der Waals surface area (Å²) < 4.78 is 0. The van der Waals surface area contributed by atoms with Crippen LogP contribution in [0.4, 0.5) is 11.5 Å². The zero-order valence-corrected chi connectivity index (χ0v) is 11.0. The normalized spacial score (nSPS) is 24.6. The number of aromatic nitrogens is 1. The molecular formula is C13H20ClN3. The average molecular weight is 254 g/mol. The van der Waals surface area contributed by atoms with Gasteiger partial charge in [-0.15, -0.1) is 0 Å². The standard InChI is InChI=1S/C13H20ClN3/c1-9-4-2-3-5-10(9)8-16-13-11(15)6-7-12(14)17-13/h6-7,9-10H,2-5,8,15H2,1H3,(H,16,17). The number of nitrogens with one attached hydrogen (secondary N) is 1. The van der Waals surface area contributed by atoms with Gasteiger partial charge in [-0.3, -0.25) is 0 Å². The molecule has 4 heteroatoms. The molecule has 3 nitrogen and oxygen atoms in total. The summed E-state index contributed by atoms with van der Waals surface area (Å²) in [4.78, 5) is 4.21. The number of hydrogen-bond acceptors (Lipinski definition) is 3. The molecule has 1 aromatic heterocycles. The number of nitrogen functional groups attached to an aromatic ring is 1. The molecule has 1 saturated carbocycles. The minimum atomic E-state index is 0.485. The van der Waals surface area contributed by atoms with E-state index in [0.717, 1.165) is 24.2 Å². The van der Waals surface area contributed by atoms with Crippen LogP contribution in [-0.4, -0.2) is 11.5 Å². The third kappa shape index (κ3) is 3.25. The van der Waals surface area contributed by atoms with Crippen molar-refractivity contribution in [2.24, 2.45) is 11.8 Å². The molecule has 0 amide bonds. The van der Waals surface area contributed by atoms with Gasteiger partial charge in [0.15, 0.2) is 5.82 Å². The van der Waals surface area contributed by atoms with Crippen LogP contribution in [0.3, 0.4) is 0 Å².